The van der Waals surface area contributed by atoms with Crippen LogP contribution in [0.25, 0.3) is 10.0 Å². The van der Waals surface area contributed by atoms with E-state index in [2.05, 4.69) is 10.3 Å². The minimum atomic E-state index is 0.830. The van der Waals surface area contributed by atoms with E-state index in [0.717, 1.165) is 21.1 Å². The SMILES string of the molecule is O/N=C/c1cc[n+](-c2ccc(-[n+]3ccc(/C=N/O)cc3)s2)cc1. The molecule has 0 fully saturated rings. The molecule has 3 heterocycles. The lowest BCUT2D eigenvalue weighted by Crippen LogP contribution is -2.29. The number of hydrogen-bond donors (Lipinski definition) is 2. The lowest BCUT2D eigenvalue weighted by atomic mass is 10.3. The molecular weight excluding hydrogens is 312 g/mol. The van der Waals surface area contributed by atoms with Gasteiger partial charge < -0.3 is 10.4 Å². The van der Waals surface area contributed by atoms with Gasteiger partial charge in [-0.15, -0.1) is 0 Å². The zero-order valence-corrected chi connectivity index (χ0v) is 12.8. The predicted molar refractivity (Wildman–Crippen MR) is 86.1 cm³/mol. The maximum absolute atomic E-state index is 8.53. The minimum Gasteiger partial charge on any atom is -0.411 e. The Morgan fingerprint density at radius 2 is 1.09 bits per heavy atom. The van der Waals surface area contributed by atoms with Crippen LogP contribution in [0.15, 0.2) is 71.5 Å². The van der Waals surface area contributed by atoms with Crippen molar-refractivity contribution in [1.29, 1.82) is 0 Å². The zero-order valence-electron chi connectivity index (χ0n) is 12.0. The molecule has 0 unspecified atom stereocenters. The van der Waals surface area contributed by atoms with Crippen LogP contribution in [0.4, 0.5) is 0 Å². The molecule has 0 bridgehead atoms. The van der Waals surface area contributed by atoms with Crippen LogP contribution in [0.1, 0.15) is 11.1 Å². The largest absolute Gasteiger partial charge is 0.411 e. The zero-order chi connectivity index (χ0) is 16.1. The van der Waals surface area contributed by atoms with Crippen LogP contribution < -0.4 is 9.13 Å². The van der Waals surface area contributed by atoms with Crippen LogP contribution in [-0.4, -0.2) is 22.8 Å². The van der Waals surface area contributed by atoms with Crippen molar-refractivity contribution in [3.63, 3.8) is 0 Å². The number of hydrogen-bond acceptors (Lipinski definition) is 5. The highest BCUT2D eigenvalue weighted by atomic mass is 32.1. The summed E-state index contributed by atoms with van der Waals surface area (Å²) in [4.78, 5) is 0. The van der Waals surface area contributed by atoms with E-state index in [9.17, 15) is 0 Å². The summed E-state index contributed by atoms with van der Waals surface area (Å²) in [6.45, 7) is 0. The van der Waals surface area contributed by atoms with Crippen LogP contribution in [0.2, 0.25) is 0 Å². The van der Waals surface area contributed by atoms with E-state index in [1.165, 1.54) is 12.4 Å². The van der Waals surface area contributed by atoms with Gasteiger partial charge in [-0.05, 0) is 11.3 Å². The van der Waals surface area contributed by atoms with Gasteiger partial charge in [0.15, 0.2) is 24.8 Å². The van der Waals surface area contributed by atoms with E-state index >= 15 is 0 Å². The number of nitrogens with zero attached hydrogens (tertiary/aromatic N) is 4. The number of thiophene rings is 1. The fraction of sp³-hybridized carbons (Fsp3) is 0. The van der Waals surface area contributed by atoms with Gasteiger partial charge in [0.2, 0.25) is 0 Å². The van der Waals surface area contributed by atoms with Crippen LogP contribution >= 0.6 is 11.3 Å². The van der Waals surface area contributed by atoms with Crippen LogP contribution in [0, 0.1) is 0 Å². The monoisotopic (exact) mass is 326 g/mol. The topological polar surface area (TPSA) is 72.9 Å². The standard InChI is InChI=1S/C16H12N4O2S/c21-17-11-13-3-7-19(8-4-13)15-1-2-16(23-15)20-9-5-14(6-10-20)12-18-22/h1-12H/p+2. The third kappa shape index (κ3) is 3.41. The maximum Gasteiger partial charge on any atom is 0.273 e. The molecule has 0 aliphatic rings. The quantitative estimate of drug-likeness (QED) is 0.333. The lowest BCUT2D eigenvalue weighted by molar-refractivity contribution is -0.594. The summed E-state index contributed by atoms with van der Waals surface area (Å²) in [6.07, 6.45) is 10.4. The molecule has 0 amide bonds. The predicted octanol–water partition coefficient (Wildman–Crippen LogP) is 1.92. The van der Waals surface area contributed by atoms with Crippen molar-refractivity contribution in [2.75, 3.05) is 0 Å². The van der Waals surface area contributed by atoms with Gasteiger partial charge >= 0.3 is 0 Å². The molecule has 6 nitrogen and oxygen atoms in total. The third-order valence-corrected chi connectivity index (χ3v) is 4.32. The Morgan fingerprint density at radius 1 is 0.696 bits per heavy atom. The molecule has 23 heavy (non-hydrogen) atoms. The van der Waals surface area contributed by atoms with Gasteiger partial charge in [-0.2, -0.15) is 9.13 Å². The van der Waals surface area contributed by atoms with Crippen molar-refractivity contribution >= 4 is 23.8 Å². The number of pyridine rings is 2. The molecule has 3 aromatic rings. The van der Waals surface area contributed by atoms with E-state index in [0.29, 0.717) is 0 Å². The Morgan fingerprint density at radius 3 is 1.43 bits per heavy atom. The van der Waals surface area contributed by atoms with Crippen molar-refractivity contribution in [1.82, 2.24) is 0 Å². The second-order valence-corrected chi connectivity index (χ2v) is 5.72. The summed E-state index contributed by atoms with van der Waals surface area (Å²) in [5.74, 6) is 0. The summed E-state index contributed by atoms with van der Waals surface area (Å²) in [5, 5.41) is 25.2. The maximum atomic E-state index is 8.53. The molecular formula is C16H14N4O2S+2. The summed E-state index contributed by atoms with van der Waals surface area (Å²) in [7, 11) is 0. The summed E-state index contributed by atoms with van der Waals surface area (Å²) in [5.41, 5.74) is 1.66. The van der Waals surface area contributed by atoms with Gasteiger partial charge in [-0.25, -0.2) is 0 Å². The fourth-order valence-electron chi connectivity index (χ4n) is 2.07. The molecule has 7 heteroatoms. The highest BCUT2D eigenvalue weighted by Gasteiger charge is 2.15. The molecule has 0 spiro atoms. The molecule has 0 aliphatic heterocycles. The van der Waals surface area contributed by atoms with Crippen molar-refractivity contribution in [2.45, 2.75) is 0 Å². The highest BCUT2D eigenvalue weighted by molar-refractivity contribution is 7.15. The van der Waals surface area contributed by atoms with Gasteiger partial charge in [0.1, 0.15) is 0 Å². The third-order valence-electron chi connectivity index (χ3n) is 3.21. The molecule has 2 N–H and O–H groups in total. The van der Waals surface area contributed by atoms with E-state index in [4.69, 9.17) is 10.4 Å². The van der Waals surface area contributed by atoms with Gasteiger partial charge in [0, 0.05) is 47.5 Å². The molecule has 0 aliphatic carbocycles. The Balaban J connectivity index is 1.84. The first-order chi connectivity index (χ1) is 11.3. The van der Waals surface area contributed by atoms with Gasteiger partial charge in [-0.3, -0.25) is 0 Å². The molecule has 3 aromatic heterocycles. The summed E-state index contributed by atoms with van der Waals surface area (Å²) >= 11 is 1.64. The highest BCUT2D eigenvalue weighted by Crippen LogP contribution is 2.16. The average molecular weight is 326 g/mol. The Hall–Kier alpha value is -3.06. The van der Waals surface area contributed by atoms with E-state index in [1.54, 1.807) is 11.3 Å². The first-order valence-corrected chi connectivity index (χ1v) is 7.60. The average Bonchev–Trinajstić information content (AvgIpc) is 3.07. The smallest absolute Gasteiger partial charge is 0.273 e. The fourth-order valence-corrected chi connectivity index (χ4v) is 3.01. The molecule has 114 valence electrons. The molecule has 0 aromatic carbocycles. The van der Waals surface area contributed by atoms with Crippen LogP contribution in [-0.2, 0) is 0 Å². The second-order valence-electron chi connectivity index (χ2n) is 4.68. The Bertz CT molecular complexity index is 769. The van der Waals surface area contributed by atoms with Crippen LogP contribution in [0.3, 0.4) is 0 Å². The lowest BCUT2D eigenvalue weighted by Gasteiger charge is -1.92. The van der Waals surface area contributed by atoms with Gasteiger partial charge in [-0.1, -0.05) is 10.3 Å². The molecule has 0 saturated carbocycles. The number of rotatable bonds is 4. The molecule has 3 rings (SSSR count). The van der Waals surface area contributed by atoms with Gasteiger partial charge in [0.05, 0.1) is 12.4 Å². The Kier molecular flexibility index (Phi) is 4.39. The minimum absolute atomic E-state index is 0.830. The molecule has 0 atom stereocenters. The summed E-state index contributed by atoms with van der Waals surface area (Å²) < 4.78 is 3.99. The normalized spacial score (nSPS) is 11.5. The van der Waals surface area contributed by atoms with Crippen molar-refractivity contribution in [3.8, 4) is 10.0 Å². The van der Waals surface area contributed by atoms with Crippen molar-refractivity contribution < 1.29 is 19.5 Å². The number of oxime groups is 2. The van der Waals surface area contributed by atoms with E-state index in [1.807, 2.05) is 70.3 Å². The Labute approximate surface area is 136 Å². The number of aromatic nitrogens is 2. The first-order valence-electron chi connectivity index (χ1n) is 6.78. The van der Waals surface area contributed by atoms with E-state index in [-0.39, 0.29) is 0 Å². The summed E-state index contributed by atoms with van der Waals surface area (Å²) in [6, 6.07) is 11.6. The van der Waals surface area contributed by atoms with Crippen LogP contribution in [0.5, 0.6) is 0 Å². The van der Waals surface area contributed by atoms with Gasteiger partial charge in [0.25, 0.3) is 10.0 Å². The molecule has 0 saturated heterocycles. The van der Waals surface area contributed by atoms with E-state index < -0.39 is 0 Å². The molecule has 0 radical (unpaired) electrons. The first kappa shape index (κ1) is 14.9. The van der Waals surface area contributed by atoms with Crippen molar-refractivity contribution in [3.05, 3.63) is 72.3 Å². The second kappa shape index (κ2) is 6.80. The van der Waals surface area contributed by atoms with Crippen molar-refractivity contribution in [2.24, 2.45) is 10.3 Å².